The lowest BCUT2D eigenvalue weighted by molar-refractivity contribution is 0.329. The molecule has 1 rings (SSSR count). The number of aromatic nitrogens is 1. The van der Waals surface area contributed by atoms with Gasteiger partial charge in [0.15, 0.2) is 5.76 Å². The highest BCUT2D eigenvalue weighted by molar-refractivity contribution is 5.00. The van der Waals surface area contributed by atoms with Crippen molar-refractivity contribution in [1.29, 1.82) is 0 Å². The zero-order chi connectivity index (χ0) is 8.43. The van der Waals surface area contributed by atoms with Gasteiger partial charge in [0.2, 0.25) is 0 Å². The molecular formula is C7H12N2O2. The van der Waals surface area contributed by atoms with Gasteiger partial charge in [-0.05, 0) is 5.92 Å². The standard InChI is InChI=1S/C7H12N2O2/c1-4(2)7(8)5-3-6(10)9-11-5/h3-4,7H,8H2,1-2H3,(H,9,10). The van der Waals surface area contributed by atoms with Crippen molar-refractivity contribution >= 4 is 0 Å². The highest BCUT2D eigenvalue weighted by Crippen LogP contribution is 2.15. The molecule has 0 saturated heterocycles. The van der Waals surface area contributed by atoms with Crippen LogP contribution in [0.4, 0.5) is 0 Å². The molecule has 1 heterocycles. The Morgan fingerprint density at radius 3 is 2.64 bits per heavy atom. The van der Waals surface area contributed by atoms with Gasteiger partial charge >= 0.3 is 0 Å². The van der Waals surface area contributed by atoms with Gasteiger partial charge in [0.25, 0.3) is 5.56 Å². The monoisotopic (exact) mass is 156 g/mol. The van der Waals surface area contributed by atoms with Gasteiger partial charge in [-0.2, -0.15) is 5.16 Å². The van der Waals surface area contributed by atoms with E-state index < -0.39 is 0 Å². The maximum atomic E-state index is 10.6. The van der Waals surface area contributed by atoms with Crippen molar-refractivity contribution in [2.75, 3.05) is 0 Å². The van der Waals surface area contributed by atoms with Gasteiger partial charge in [-0.15, -0.1) is 0 Å². The number of nitrogens with two attached hydrogens (primary N) is 1. The maximum absolute atomic E-state index is 10.6. The highest BCUT2D eigenvalue weighted by Gasteiger charge is 2.14. The summed E-state index contributed by atoms with van der Waals surface area (Å²) in [6.07, 6.45) is 0. The molecule has 0 saturated carbocycles. The first-order valence-corrected chi connectivity index (χ1v) is 3.55. The minimum absolute atomic E-state index is 0.200. The predicted octanol–water partition coefficient (Wildman–Crippen LogP) is 0.624. The van der Waals surface area contributed by atoms with Crippen LogP contribution in [0.25, 0.3) is 0 Å². The van der Waals surface area contributed by atoms with Gasteiger partial charge in [0.1, 0.15) is 0 Å². The Labute approximate surface area is 64.4 Å². The number of hydrogen-bond acceptors (Lipinski definition) is 3. The fraction of sp³-hybridized carbons (Fsp3) is 0.571. The summed E-state index contributed by atoms with van der Waals surface area (Å²) < 4.78 is 4.82. The zero-order valence-electron chi connectivity index (χ0n) is 6.63. The van der Waals surface area contributed by atoms with E-state index in [0.717, 1.165) is 0 Å². The fourth-order valence-corrected chi connectivity index (χ4v) is 0.790. The smallest absolute Gasteiger partial charge is 0.280 e. The molecule has 1 aromatic rings. The maximum Gasteiger partial charge on any atom is 0.280 e. The van der Waals surface area contributed by atoms with E-state index in [1.807, 2.05) is 13.8 Å². The van der Waals surface area contributed by atoms with Crippen molar-refractivity contribution in [2.24, 2.45) is 11.7 Å². The summed E-state index contributed by atoms with van der Waals surface area (Å²) >= 11 is 0. The molecule has 1 aromatic heterocycles. The van der Waals surface area contributed by atoms with Crippen LogP contribution >= 0.6 is 0 Å². The van der Waals surface area contributed by atoms with E-state index in [1.54, 1.807) is 0 Å². The molecule has 0 aliphatic carbocycles. The normalized spacial score (nSPS) is 13.8. The molecule has 3 N–H and O–H groups in total. The van der Waals surface area contributed by atoms with Crippen molar-refractivity contribution in [3.8, 4) is 0 Å². The van der Waals surface area contributed by atoms with E-state index in [4.69, 9.17) is 10.3 Å². The number of H-pyrrole nitrogens is 1. The Morgan fingerprint density at radius 2 is 2.27 bits per heavy atom. The van der Waals surface area contributed by atoms with Gasteiger partial charge in [-0.25, -0.2) is 0 Å². The van der Waals surface area contributed by atoms with Crippen molar-refractivity contribution in [3.05, 3.63) is 22.2 Å². The van der Waals surface area contributed by atoms with Crippen molar-refractivity contribution < 1.29 is 4.52 Å². The van der Waals surface area contributed by atoms with Gasteiger partial charge in [0, 0.05) is 6.07 Å². The SMILES string of the molecule is CC(C)C(N)c1cc(=O)[nH]o1. The molecule has 0 bridgehead atoms. The predicted molar refractivity (Wildman–Crippen MR) is 41.1 cm³/mol. The Kier molecular flexibility index (Phi) is 2.14. The molecule has 4 nitrogen and oxygen atoms in total. The van der Waals surface area contributed by atoms with Gasteiger partial charge in [-0.3, -0.25) is 4.79 Å². The molecule has 0 spiro atoms. The Balaban J connectivity index is 2.84. The average molecular weight is 156 g/mol. The summed E-state index contributed by atoms with van der Waals surface area (Å²) in [5.74, 6) is 0.791. The fourth-order valence-electron chi connectivity index (χ4n) is 0.790. The molecule has 0 aliphatic heterocycles. The molecule has 1 unspecified atom stereocenters. The minimum atomic E-state index is -0.240. The number of rotatable bonds is 2. The van der Waals surface area contributed by atoms with Crippen LogP contribution in [0, 0.1) is 5.92 Å². The molecule has 0 aliphatic rings. The van der Waals surface area contributed by atoms with E-state index in [2.05, 4.69) is 5.16 Å². The highest BCUT2D eigenvalue weighted by atomic mass is 16.5. The van der Waals surface area contributed by atoms with E-state index >= 15 is 0 Å². The van der Waals surface area contributed by atoms with E-state index in [9.17, 15) is 4.79 Å². The molecule has 4 heteroatoms. The number of hydrogen-bond donors (Lipinski definition) is 2. The second-order valence-corrected chi connectivity index (χ2v) is 2.88. The van der Waals surface area contributed by atoms with Crippen LogP contribution < -0.4 is 11.3 Å². The van der Waals surface area contributed by atoms with Crippen LogP contribution in [0.5, 0.6) is 0 Å². The average Bonchev–Trinajstić information content (AvgIpc) is 2.34. The van der Waals surface area contributed by atoms with Crippen molar-refractivity contribution in [1.82, 2.24) is 5.16 Å². The third-order valence-corrected chi connectivity index (χ3v) is 1.59. The quantitative estimate of drug-likeness (QED) is 0.659. The summed E-state index contributed by atoms with van der Waals surface area (Å²) in [4.78, 5) is 10.6. The molecule has 11 heavy (non-hydrogen) atoms. The molecular weight excluding hydrogens is 144 g/mol. The van der Waals surface area contributed by atoms with Crippen LogP contribution in [0.2, 0.25) is 0 Å². The second-order valence-electron chi connectivity index (χ2n) is 2.88. The zero-order valence-corrected chi connectivity index (χ0v) is 6.63. The third-order valence-electron chi connectivity index (χ3n) is 1.59. The molecule has 0 radical (unpaired) electrons. The molecule has 62 valence electrons. The van der Waals surface area contributed by atoms with Crippen LogP contribution in [0.15, 0.2) is 15.4 Å². The van der Waals surface area contributed by atoms with Gasteiger partial charge in [0.05, 0.1) is 6.04 Å². The first-order chi connectivity index (χ1) is 5.11. The van der Waals surface area contributed by atoms with E-state index in [1.165, 1.54) is 6.07 Å². The minimum Gasteiger partial charge on any atom is -0.382 e. The van der Waals surface area contributed by atoms with Crippen molar-refractivity contribution in [3.63, 3.8) is 0 Å². The largest absolute Gasteiger partial charge is 0.382 e. The summed E-state index contributed by atoms with van der Waals surface area (Å²) in [6, 6.07) is 1.18. The Bertz CT molecular complexity index is 274. The van der Waals surface area contributed by atoms with E-state index in [0.29, 0.717) is 5.76 Å². The van der Waals surface area contributed by atoms with Crippen LogP contribution in [0.3, 0.4) is 0 Å². The molecule has 0 fully saturated rings. The number of nitrogens with one attached hydrogen (secondary N) is 1. The third kappa shape index (κ3) is 1.71. The van der Waals surface area contributed by atoms with Crippen LogP contribution in [0.1, 0.15) is 25.6 Å². The first-order valence-electron chi connectivity index (χ1n) is 3.55. The summed E-state index contributed by atoms with van der Waals surface area (Å²) in [7, 11) is 0. The van der Waals surface area contributed by atoms with Crippen LogP contribution in [-0.4, -0.2) is 5.16 Å². The Hall–Kier alpha value is -1.03. The molecule has 1 atom stereocenters. The van der Waals surface area contributed by atoms with Crippen LogP contribution in [-0.2, 0) is 0 Å². The topological polar surface area (TPSA) is 72.0 Å². The summed E-state index contributed by atoms with van der Waals surface area (Å²) in [5, 5.41) is 2.19. The lowest BCUT2D eigenvalue weighted by Crippen LogP contribution is -2.16. The number of aromatic amines is 1. The van der Waals surface area contributed by atoms with Gasteiger partial charge in [-0.1, -0.05) is 13.8 Å². The van der Waals surface area contributed by atoms with E-state index in [-0.39, 0.29) is 17.5 Å². The first kappa shape index (κ1) is 8.07. The summed E-state index contributed by atoms with van der Waals surface area (Å²) in [5.41, 5.74) is 5.46. The van der Waals surface area contributed by atoms with Crippen molar-refractivity contribution in [2.45, 2.75) is 19.9 Å². The molecule has 0 aromatic carbocycles. The lowest BCUT2D eigenvalue weighted by atomic mass is 10.0. The molecule has 0 amide bonds. The Morgan fingerprint density at radius 1 is 1.64 bits per heavy atom. The van der Waals surface area contributed by atoms with Gasteiger partial charge < -0.3 is 10.3 Å². The summed E-state index contributed by atoms with van der Waals surface area (Å²) in [6.45, 7) is 3.94. The lowest BCUT2D eigenvalue weighted by Gasteiger charge is -2.10. The second kappa shape index (κ2) is 2.92.